The maximum atomic E-state index is 11.2. The summed E-state index contributed by atoms with van der Waals surface area (Å²) in [6.45, 7) is 4.61. The van der Waals surface area contributed by atoms with Gasteiger partial charge in [0.05, 0.1) is 24.7 Å². The lowest BCUT2D eigenvalue weighted by Gasteiger charge is -2.12. The van der Waals surface area contributed by atoms with Crippen LogP contribution in [0.1, 0.15) is 20.3 Å². The number of cyclic esters (lactones) is 1. The van der Waals surface area contributed by atoms with Gasteiger partial charge < -0.3 is 9.47 Å². The minimum atomic E-state index is -0.0662. The van der Waals surface area contributed by atoms with Gasteiger partial charge in [-0.25, -0.2) is 0 Å². The van der Waals surface area contributed by atoms with Crippen molar-refractivity contribution >= 4 is 5.97 Å². The van der Waals surface area contributed by atoms with Gasteiger partial charge >= 0.3 is 5.97 Å². The molecule has 3 heteroatoms. The van der Waals surface area contributed by atoms with E-state index in [0.717, 1.165) is 6.42 Å². The first-order chi connectivity index (χ1) is 5.74. The van der Waals surface area contributed by atoms with Crippen LogP contribution in [0.15, 0.2) is 0 Å². The standard InChI is InChI=1S/C9H14O3/c1-3-7-6-4-11-9(10)8(6)5(2)12-7/h5-8H,3-4H2,1-2H3. The van der Waals surface area contributed by atoms with Gasteiger partial charge in [-0.3, -0.25) is 4.79 Å². The summed E-state index contributed by atoms with van der Waals surface area (Å²) in [4.78, 5) is 11.2. The lowest BCUT2D eigenvalue weighted by atomic mass is 9.89. The van der Waals surface area contributed by atoms with Gasteiger partial charge in [0.2, 0.25) is 0 Å². The molecule has 0 radical (unpaired) electrons. The van der Waals surface area contributed by atoms with Crippen molar-refractivity contribution in [1.29, 1.82) is 0 Å². The van der Waals surface area contributed by atoms with E-state index < -0.39 is 0 Å². The molecule has 0 aromatic rings. The van der Waals surface area contributed by atoms with Gasteiger partial charge in [0.15, 0.2) is 0 Å². The van der Waals surface area contributed by atoms with E-state index in [9.17, 15) is 4.79 Å². The molecule has 0 saturated carbocycles. The number of fused-ring (bicyclic) bond motifs is 1. The summed E-state index contributed by atoms with van der Waals surface area (Å²) in [7, 11) is 0. The van der Waals surface area contributed by atoms with Crippen molar-refractivity contribution in [2.24, 2.45) is 11.8 Å². The fourth-order valence-electron chi connectivity index (χ4n) is 2.29. The Morgan fingerprint density at radius 2 is 2.33 bits per heavy atom. The Bertz CT molecular complexity index is 202. The Labute approximate surface area is 72.0 Å². The van der Waals surface area contributed by atoms with Crippen LogP contribution in [0.5, 0.6) is 0 Å². The maximum absolute atomic E-state index is 11.2. The predicted octanol–water partition coefficient (Wildman–Crippen LogP) is 0.973. The van der Waals surface area contributed by atoms with E-state index >= 15 is 0 Å². The van der Waals surface area contributed by atoms with Crippen LogP contribution in [0.3, 0.4) is 0 Å². The Morgan fingerprint density at radius 3 is 3.00 bits per heavy atom. The molecule has 2 saturated heterocycles. The Morgan fingerprint density at radius 1 is 1.58 bits per heavy atom. The molecular weight excluding hydrogens is 156 g/mol. The van der Waals surface area contributed by atoms with Crippen LogP contribution in [0, 0.1) is 11.8 Å². The van der Waals surface area contributed by atoms with E-state index in [1.165, 1.54) is 0 Å². The molecule has 12 heavy (non-hydrogen) atoms. The number of hydrogen-bond donors (Lipinski definition) is 0. The Hall–Kier alpha value is -0.570. The van der Waals surface area contributed by atoms with Crippen LogP contribution in [0.4, 0.5) is 0 Å². The fraction of sp³-hybridized carbons (Fsp3) is 0.889. The van der Waals surface area contributed by atoms with Crippen molar-refractivity contribution in [1.82, 2.24) is 0 Å². The molecule has 0 bridgehead atoms. The molecule has 0 spiro atoms. The number of esters is 1. The van der Waals surface area contributed by atoms with Crippen LogP contribution in [0.25, 0.3) is 0 Å². The molecule has 0 aliphatic carbocycles. The molecule has 3 nitrogen and oxygen atoms in total. The molecule has 2 aliphatic heterocycles. The summed E-state index contributed by atoms with van der Waals surface area (Å²) in [5.74, 6) is 0.260. The minimum absolute atomic E-state index is 0.00921. The number of carbonyl (C=O) groups excluding carboxylic acids is 1. The molecule has 4 unspecified atom stereocenters. The SMILES string of the molecule is CCC1OC(C)C2C(=O)OCC12. The highest BCUT2D eigenvalue weighted by atomic mass is 16.6. The monoisotopic (exact) mass is 170 g/mol. The Balaban J connectivity index is 2.17. The third-order valence-electron chi connectivity index (χ3n) is 2.93. The molecule has 2 aliphatic rings. The topological polar surface area (TPSA) is 35.5 Å². The summed E-state index contributed by atoms with van der Waals surface area (Å²) in [6.07, 6.45) is 1.26. The predicted molar refractivity (Wildman–Crippen MR) is 42.6 cm³/mol. The quantitative estimate of drug-likeness (QED) is 0.550. The normalized spacial score (nSPS) is 46.0. The van der Waals surface area contributed by atoms with Crippen molar-refractivity contribution in [2.45, 2.75) is 32.5 Å². The number of rotatable bonds is 1. The van der Waals surface area contributed by atoms with Gasteiger partial charge in [-0.15, -0.1) is 0 Å². The first-order valence-electron chi connectivity index (χ1n) is 4.56. The second-order valence-electron chi connectivity index (χ2n) is 3.61. The zero-order valence-corrected chi connectivity index (χ0v) is 7.45. The van der Waals surface area contributed by atoms with Gasteiger partial charge in [0, 0.05) is 5.92 Å². The number of hydrogen-bond acceptors (Lipinski definition) is 3. The van der Waals surface area contributed by atoms with Gasteiger partial charge in [-0.05, 0) is 13.3 Å². The van der Waals surface area contributed by atoms with Gasteiger partial charge in [0.1, 0.15) is 0 Å². The molecule has 0 amide bonds. The summed E-state index contributed by atoms with van der Waals surface area (Å²) in [5.41, 5.74) is 0. The third-order valence-corrected chi connectivity index (χ3v) is 2.93. The molecule has 2 rings (SSSR count). The molecule has 2 heterocycles. The second-order valence-corrected chi connectivity index (χ2v) is 3.61. The van der Waals surface area contributed by atoms with Crippen molar-refractivity contribution in [3.8, 4) is 0 Å². The van der Waals surface area contributed by atoms with Crippen LogP contribution < -0.4 is 0 Å². The number of carbonyl (C=O) groups is 1. The van der Waals surface area contributed by atoms with Gasteiger partial charge in [0.25, 0.3) is 0 Å². The molecule has 0 aromatic carbocycles. The van der Waals surface area contributed by atoms with Gasteiger partial charge in [-0.2, -0.15) is 0 Å². The highest BCUT2D eigenvalue weighted by molar-refractivity contribution is 5.76. The molecule has 68 valence electrons. The third kappa shape index (κ3) is 0.959. The summed E-state index contributed by atoms with van der Waals surface area (Å²) < 4.78 is 10.7. The van der Waals surface area contributed by atoms with Crippen molar-refractivity contribution in [3.63, 3.8) is 0 Å². The average Bonchev–Trinajstić information content (AvgIpc) is 2.55. The van der Waals surface area contributed by atoms with Crippen molar-refractivity contribution in [2.75, 3.05) is 6.61 Å². The molecule has 2 fully saturated rings. The van der Waals surface area contributed by atoms with E-state index in [1.54, 1.807) is 0 Å². The lowest BCUT2D eigenvalue weighted by Crippen LogP contribution is -2.21. The lowest BCUT2D eigenvalue weighted by molar-refractivity contribution is -0.144. The van der Waals surface area contributed by atoms with E-state index in [2.05, 4.69) is 6.92 Å². The smallest absolute Gasteiger partial charge is 0.312 e. The maximum Gasteiger partial charge on any atom is 0.312 e. The fourth-order valence-corrected chi connectivity index (χ4v) is 2.29. The summed E-state index contributed by atoms with van der Waals surface area (Å²) in [5, 5.41) is 0. The Kier molecular flexibility index (Phi) is 1.83. The summed E-state index contributed by atoms with van der Waals surface area (Å²) in [6, 6.07) is 0. The van der Waals surface area contributed by atoms with Gasteiger partial charge in [-0.1, -0.05) is 6.92 Å². The van der Waals surface area contributed by atoms with Crippen LogP contribution in [-0.4, -0.2) is 24.8 Å². The highest BCUT2D eigenvalue weighted by Gasteiger charge is 2.50. The zero-order chi connectivity index (χ0) is 8.72. The van der Waals surface area contributed by atoms with Crippen molar-refractivity contribution < 1.29 is 14.3 Å². The van der Waals surface area contributed by atoms with E-state index in [-0.39, 0.29) is 24.1 Å². The number of ether oxygens (including phenoxy) is 2. The first kappa shape index (κ1) is 8.05. The van der Waals surface area contributed by atoms with Crippen LogP contribution in [0.2, 0.25) is 0 Å². The largest absolute Gasteiger partial charge is 0.465 e. The van der Waals surface area contributed by atoms with E-state index in [4.69, 9.17) is 9.47 Å². The molecule has 0 N–H and O–H groups in total. The second kappa shape index (κ2) is 2.73. The highest BCUT2D eigenvalue weighted by Crippen LogP contribution is 2.39. The molecule has 0 aromatic heterocycles. The summed E-state index contributed by atoms with van der Waals surface area (Å²) >= 11 is 0. The van der Waals surface area contributed by atoms with Crippen LogP contribution >= 0.6 is 0 Å². The average molecular weight is 170 g/mol. The van der Waals surface area contributed by atoms with E-state index in [1.807, 2.05) is 6.92 Å². The van der Waals surface area contributed by atoms with Crippen LogP contribution in [-0.2, 0) is 14.3 Å². The van der Waals surface area contributed by atoms with Crippen molar-refractivity contribution in [3.05, 3.63) is 0 Å². The zero-order valence-electron chi connectivity index (χ0n) is 7.45. The molecule has 4 atom stereocenters. The van der Waals surface area contributed by atoms with E-state index in [0.29, 0.717) is 12.5 Å². The molecular formula is C9H14O3. The first-order valence-corrected chi connectivity index (χ1v) is 4.56. The minimum Gasteiger partial charge on any atom is -0.465 e.